The van der Waals surface area contributed by atoms with E-state index in [0.717, 1.165) is 38.1 Å². The van der Waals surface area contributed by atoms with Crippen molar-refractivity contribution in [3.63, 3.8) is 0 Å². The van der Waals surface area contributed by atoms with E-state index >= 15 is 0 Å². The van der Waals surface area contributed by atoms with Crippen molar-refractivity contribution in [2.24, 2.45) is 5.92 Å². The SMILES string of the molecule is CC1CCCN(C(=O)c2cncc(Nc3ccc(F)c(F)c3)c2)C1. The van der Waals surface area contributed by atoms with E-state index in [1.165, 1.54) is 18.5 Å². The van der Waals surface area contributed by atoms with Crippen molar-refractivity contribution in [2.75, 3.05) is 18.4 Å². The van der Waals surface area contributed by atoms with Gasteiger partial charge in [0, 0.05) is 31.0 Å². The average molecular weight is 331 g/mol. The summed E-state index contributed by atoms with van der Waals surface area (Å²) in [7, 11) is 0. The fourth-order valence-corrected chi connectivity index (χ4v) is 2.92. The molecule has 126 valence electrons. The highest BCUT2D eigenvalue weighted by molar-refractivity contribution is 5.95. The van der Waals surface area contributed by atoms with Crippen LogP contribution in [0.25, 0.3) is 0 Å². The summed E-state index contributed by atoms with van der Waals surface area (Å²) in [5, 5.41) is 2.94. The normalized spacial score (nSPS) is 17.6. The van der Waals surface area contributed by atoms with Crippen molar-refractivity contribution < 1.29 is 13.6 Å². The predicted molar refractivity (Wildman–Crippen MR) is 88.2 cm³/mol. The highest BCUT2D eigenvalue weighted by Gasteiger charge is 2.22. The Labute approximate surface area is 139 Å². The van der Waals surface area contributed by atoms with E-state index in [1.807, 2.05) is 4.90 Å². The molecule has 1 aliphatic rings. The molecule has 1 aliphatic heterocycles. The molecule has 4 nitrogen and oxygen atoms in total. The Hall–Kier alpha value is -2.50. The minimum absolute atomic E-state index is 0.0528. The van der Waals surface area contributed by atoms with Gasteiger partial charge in [-0.15, -0.1) is 0 Å². The van der Waals surface area contributed by atoms with Gasteiger partial charge in [0.1, 0.15) is 0 Å². The lowest BCUT2D eigenvalue weighted by Gasteiger charge is -2.31. The van der Waals surface area contributed by atoms with Gasteiger partial charge in [0.15, 0.2) is 11.6 Å². The Kier molecular flexibility index (Phi) is 4.74. The van der Waals surface area contributed by atoms with Crippen LogP contribution in [0.15, 0.2) is 36.7 Å². The van der Waals surface area contributed by atoms with Crippen LogP contribution in [0.4, 0.5) is 20.2 Å². The number of benzene rings is 1. The van der Waals surface area contributed by atoms with E-state index in [2.05, 4.69) is 17.2 Å². The Morgan fingerprint density at radius 2 is 2.04 bits per heavy atom. The highest BCUT2D eigenvalue weighted by Crippen LogP contribution is 2.21. The molecule has 1 aromatic heterocycles. The maximum atomic E-state index is 13.3. The standard InChI is InChI=1S/C18H19F2N3O/c1-12-3-2-6-23(11-12)18(24)13-7-15(10-21-9-13)22-14-4-5-16(19)17(20)8-14/h4-5,7-10,12,22H,2-3,6,11H2,1H3. The van der Waals surface area contributed by atoms with Crippen LogP contribution in [-0.4, -0.2) is 28.9 Å². The minimum Gasteiger partial charge on any atom is -0.354 e. The van der Waals surface area contributed by atoms with Gasteiger partial charge in [-0.2, -0.15) is 0 Å². The maximum Gasteiger partial charge on any atom is 0.255 e. The van der Waals surface area contributed by atoms with Crippen LogP contribution in [0, 0.1) is 17.6 Å². The quantitative estimate of drug-likeness (QED) is 0.925. The Morgan fingerprint density at radius 1 is 1.21 bits per heavy atom. The number of pyridine rings is 1. The number of anilines is 2. The smallest absolute Gasteiger partial charge is 0.255 e. The Bertz CT molecular complexity index is 751. The molecule has 3 rings (SSSR count). The fraction of sp³-hybridized carbons (Fsp3) is 0.333. The van der Waals surface area contributed by atoms with Gasteiger partial charge in [-0.05, 0) is 37.0 Å². The zero-order valence-corrected chi connectivity index (χ0v) is 13.4. The fourth-order valence-electron chi connectivity index (χ4n) is 2.92. The molecule has 1 aromatic carbocycles. The topological polar surface area (TPSA) is 45.2 Å². The van der Waals surface area contributed by atoms with Gasteiger partial charge in [-0.3, -0.25) is 9.78 Å². The van der Waals surface area contributed by atoms with Gasteiger partial charge < -0.3 is 10.2 Å². The van der Waals surface area contributed by atoms with Gasteiger partial charge in [-0.1, -0.05) is 6.92 Å². The van der Waals surface area contributed by atoms with Crippen LogP contribution in [0.2, 0.25) is 0 Å². The molecular formula is C18H19F2N3O. The Morgan fingerprint density at radius 3 is 2.79 bits per heavy atom. The van der Waals surface area contributed by atoms with Crippen molar-refractivity contribution >= 4 is 17.3 Å². The van der Waals surface area contributed by atoms with Crippen LogP contribution in [0.3, 0.4) is 0 Å². The number of aromatic nitrogens is 1. The van der Waals surface area contributed by atoms with E-state index in [1.54, 1.807) is 6.07 Å². The number of hydrogen-bond donors (Lipinski definition) is 1. The summed E-state index contributed by atoms with van der Waals surface area (Å²) >= 11 is 0. The molecule has 0 radical (unpaired) electrons. The molecule has 2 aromatic rings. The molecular weight excluding hydrogens is 312 g/mol. The first-order chi connectivity index (χ1) is 11.5. The molecule has 1 unspecified atom stereocenters. The van der Waals surface area contributed by atoms with E-state index < -0.39 is 11.6 Å². The van der Waals surface area contributed by atoms with E-state index in [9.17, 15) is 13.6 Å². The summed E-state index contributed by atoms with van der Waals surface area (Å²) in [6.45, 7) is 3.64. The van der Waals surface area contributed by atoms with E-state index in [0.29, 0.717) is 22.9 Å². The second-order valence-corrected chi connectivity index (χ2v) is 6.21. The van der Waals surface area contributed by atoms with E-state index in [4.69, 9.17) is 0 Å². The summed E-state index contributed by atoms with van der Waals surface area (Å²) in [6.07, 6.45) is 5.21. The number of amides is 1. The van der Waals surface area contributed by atoms with Gasteiger partial charge in [0.05, 0.1) is 17.4 Å². The number of carbonyl (C=O) groups excluding carboxylic acids is 1. The third kappa shape index (κ3) is 3.69. The van der Waals surface area contributed by atoms with Crippen molar-refractivity contribution in [2.45, 2.75) is 19.8 Å². The molecule has 1 atom stereocenters. The zero-order valence-electron chi connectivity index (χ0n) is 13.4. The van der Waals surface area contributed by atoms with Crippen LogP contribution in [0.5, 0.6) is 0 Å². The number of piperidine rings is 1. The molecule has 0 saturated carbocycles. The monoisotopic (exact) mass is 331 g/mol. The van der Waals surface area contributed by atoms with Crippen LogP contribution < -0.4 is 5.32 Å². The summed E-state index contributed by atoms with van der Waals surface area (Å²) in [5.41, 5.74) is 1.43. The van der Waals surface area contributed by atoms with Crippen molar-refractivity contribution in [3.8, 4) is 0 Å². The number of rotatable bonds is 3. The predicted octanol–water partition coefficient (Wildman–Crippen LogP) is 3.98. The molecule has 1 fully saturated rings. The number of carbonyl (C=O) groups is 1. The molecule has 0 bridgehead atoms. The van der Waals surface area contributed by atoms with Gasteiger partial charge in [-0.25, -0.2) is 8.78 Å². The lowest BCUT2D eigenvalue weighted by molar-refractivity contribution is 0.0682. The van der Waals surface area contributed by atoms with Crippen LogP contribution in [-0.2, 0) is 0 Å². The first kappa shape index (κ1) is 16.4. The summed E-state index contributed by atoms with van der Waals surface area (Å²) in [4.78, 5) is 18.5. The van der Waals surface area contributed by atoms with Gasteiger partial charge >= 0.3 is 0 Å². The molecule has 1 N–H and O–H groups in total. The third-order valence-corrected chi connectivity index (χ3v) is 4.14. The number of nitrogens with zero attached hydrogens (tertiary/aromatic N) is 2. The summed E-state index contributed by atoms with van der Waals surface area (Å²) < 4.78 is 26.3. The van der Waals surface area contributed by atoms with Crippen LogP contribution in [0.1, 0.15) is 30.1 Å². The molecule has 24 heavy (non-hydrogen) atoms. The Balaban J connectivity index is 1.76. The number of hydrogen-bond acceptors (Lipinski definition) is 3. The average Bonchev–Trinajstić information content (AvgIpc) is 2.58. The molecule has 6 heteroatoms. The molecule has 0 spiro atoms. The molecule has 1 saturated heterocycles. The summed E-state index contributed by atoms with van der Waals surface area (Å²) in [6, 6.07) is 5.22. The lowest BCUT2D eigenvalue weighted by Crippen LogP contribution is -2.39. The largest absolute Gasteiger partial charge is 0.354 e. The maximum absolute atomic E-state index is 13.3. The second-order valence-electron chi connectivity index (χ2n) is 6.21. The number of likely N-dealkylation sites (tertiary alicyclic amines) is 1. The van der Waals surface area contributed by atoms with Gasteiger partial charge in [0.2, 0.25) is 0 Å². The molecule has 2 heterocycles. The minimum atomic E-state index is -0.928. The zero-order chi connectivity index (χ0) is 17.1. The second kappa shape index (κ2) is 6.95. The van der Waals surface area contributed by atoms with Crippen molar-refractivity contribution in [1.82, 2.24) is 9.88 Å². The third-order valence-electron chi connectivity index (χ3n) is 4.14. The first-order valence-electron chi connectivity index (χ1n) is 7.99. The molecule has 1 amide bonds. The van der Waals surface area contributed by atoms with Crippen molar-refractivity contribution in [3.05, 3.63) is 53.9 Å². The van der Waals surface area contributed by atoms with E-state index in [-0.39, 0.29) is 5.91 Å². The van der Waals surface area contributed by atoms with Crippen molar-refractivity contribution in [1.29, 1.82) is 0 Å². The number of halogens is 2. The number of nitrogens with one attached hydrogen (secondary N) is 1. The summed E-state index contributed by atoms with van der Waals surface area (Å²) in [5.74, 6) is -1.38. The highest BCUT2D eigenvalue weighted by atomic mass is 19.2. The van der Waals surface area contributed by atoms with Crippen LogP contribution >= 0.6 is 0 Å². The first-order valence-corrected chi connectivity index (χ1v) is 7.99. The molecule has 0 aliphatic carbocycles. The van der Waals surface area contributed by atoms with Gasteiger partial charge in [0.25, 0.3) is 5.91 Å². The lowest BCUT2D eigenvalue weighted by atomic mass is 10.00.